The maximum absolute atomic E-state index is 10.4. The van der Waals surface area contributed by atoms with Crippen LogP contribution in [0.2, 0.25) is 0 Å². The van der Waals surface area contributed by atoms with Gasteiger partial charge in [-0.1, -0.05) is 6.07 Å². The molecule has 23 heavy (non-hydrogen) atoms. The minimum absolute atomic E-state index is 0.447. The fourth-order valence-corrected chi connectivity index (χ4v) is 1.68. The monoisotopic (exact) mass is 434 g/mol. The molecule has 0 saturated heterocycles. The van der Waals surface area contributed by atoms with Crippen molar-refractivity contribution in [2.24, 2.45) is 0 Å². The number of benzene rings is 1. The van der Waals surface area contributed by atoms with Crippen molar-refractivity contribution in [3.05, 3.63) is 70.6 Å². The van der Waals surface area contributed by atoms with Gasteiger partial charge in [0.2, 0.25) is 0 Å². The predicted molar refractivity (Wildman–Crippen MR) is 85.0 cm³/mol. The summed E-state index contributed by atoms with van der Waals surface area (Å²) in [5.74, 6) is -1.21. The Morgan fingerprint density at radius 1 is 0.957 bits per heavy atom. The van der Waals surface area contributed by atoms with Crippen molar-refractivity contribution in [2.75, 3.05) is 0 Å². The van der Waals surface area contributed by atoms with E-state index in [9.17, 15) is 30.3 Å². The van der Waals surface area contributed by atoms with E-state index in [1.807, 2.05) is 18.2 Å². The van der Waals surface area contributed by atoms with Crippen molar-refractivity contribution in [1.82, 2.24) is 4.98 Å². The first-order valence-corrected chi connectivity index (χ1v) is 6.68. The van der Waals surface area contributed by atoms with E-state index in [2.05, 4.69) is 27.6 Å². The van der Waals surface area contributed by atoms with Gasteiger partial charge in [0.05, 0.1) is 26.9 Å². The van der Waals surface area contributed by atoms with Crippen molar-refractivity contribution >= 4 is 39.7 Å². The maximum Gasteiger partial charge on any atom is 0.324 e. The molecule has 0 fully saturated rings. The first-order valence-electron chi connectivity index (χ1n) is 5.60. The van der Waals surface area contributed by atoms with Crippen LogP contribution in [-0.4, -0.2) is 24.9 Å². The molecule has 0 bridgehead atoms. The summed E-state index contributed by atoms with van der Waals surface area (Å²) in [6.07, 6.45) is 1.78. The molecule has 1 aromatic carbocycles. The molecule has 0 atom stereocenters. The zero-order valence-electron chi connectivity index (χ0n) is 11.0. The third-order valence-corrected chi connectivity index (χ3v) is 2.93. The van der Waals surface area contributed by atoms with E-state index >= 15 is 0 Å². The average molecular weight is 434 g/mol. The van der Waals surface area contributed by atoms with Crippen molar-refractivity contribution in [3.63, 3.8) is 0 Å². The molecule has 0 spiro atoms. The van der Waals surface area contributed by atoms with Crippen LogP contribution >= 0.6 is 22.6 Å². The number of pyridine rings is 1. The zero-order chi connectivity index (χ0) is 17.6. The number of hydrogen-bond donors (Lipinski definition) is 1. The molecule has 2 rings (SSSR count). The molecule has 12 heteroatoms. The summed E-state index contributed by atoms with van der Waals surface area (Å²) in [6.45, 7) is 0. The number of rotatable bonds is 3. The smallest absolute Gasteiger partial charge is 0.324 e. The number of halogens is 1. The van der Waals surface area contributed by atoms with Crippen LogP contribution in [0.25, 0.3) is 0 Å². The van der Waals surface area contributed by atoms with E-state index < -0.39 is 37.6 Å². The first-order chi connectivity index (χ1) is 10.7. The molecule has 1 aromatic heterocycles. The number of nitro benzene ring substituents is 3. The molecule has 0 aliphatic rings. The minimum atomic E-state index is -1.21. The Morgan fingerprint density at radius 3 is 1.74 bits per heavy atom. The van der Waals surface area contributed by atoms with Gasteiger partial charge < -0.3 is 5.11 Å². The third kappa shape index (κ3) is 5.10. The summed E-state index contributed by atoms with van der Waals surface area (Å²) in [4.78, 5) is 31.7. The lowest BCUT2D eigenvalue weighted by molar-refractivity contribution is -0.404. The van der Waals surface area contributed by atoms with Crippen LogP contribution in [0.4, 0.5) is 17.1 Å². The molecule has 0 radical (unpaired) electrons. The fraction of sp³-hybridized carbons (Fsp3) is 0. The van der Waals surface area contributed by atoms with Crippen LogP contribution < -0.4 is 0 Å². The number of non-ortho nitro benzene ring substituents is 1. The molecule has 120 valence electrons. The highest BCUT2D eigenvalue weighted by Crippen LogP contribution is 2.38. The summed E-state index contributed by atoms with van der Waals surface area (Å²) in [5, 5.41) is 40.2. The van der Waals surface area contributed by atoms with Crippen molar-refractivity contribution < 1.29 is 19.9 Å². The predicted octanol–water partition coefficient (Wildman–Crippen LogP) is 2.80. The van der Waals surface area contributed by atoms with E-state index in [1.54, 1.807) is 6.20 Å². The Morgan fingerprint density at radius 2 is 1.48 bits per heavy atom. The Hall–Kier alpha value is -2.90. The molecule has 0 aliphatic carbocycles. The number of hydrogen-bond acceptors (Lipinski definition) is 8. The van der Waals surface area contributed by atoms with Crippen LogP contribution in [0.1, 0.15) is 0 Å². The summed E-state index contributed by atoms with van der Waals surface area (Å²) in [6, 6.07) is 6.72. The van der Waals surface area contributed by atoms with Crippen molar-refractivity contribution in [3.8, 4) is 5.75 Å². The Balaban J connectivity index is 0.000000313. The Bertz CT molecular complexity index is 718. The topological polar surface area (TPSA) is 163 Å². The SMILES string of the molecule is Ic1ccccn1.O=[N+]([O-])c1cc([N+](=O)[O-])c(O)c([N+](=O)[O-])c1. The molecule has 0 unspecified atom stereocenters. The van der Waals surface area contributed by atoms with Gasteiger partial charge in [0.1, 0.15) is 3.70 Å². The van der Waals surface area contributed by atoms with Gasteiger partial charge in [0, 0.05) is 6.20 Å². The number of aromatic nitrogens is 1. The summed E-state index contributed by atoms with van der Waals surface area (Å²) in [5.41, 5.74) is -3.00. The number of nitro groups is 3. The van der Waals surface area contributed by atoms with Gasteiger partial charge in [0.15, 0.2) is 0 Å². The van der Waals surface area contributed by atoms with Gasteiger partial charge >= 0.3 is 11.4 Å². The normalized spacial score (nSPS) is 9.43. The average Bonchev–Trinajstić information content (AvgIpc) is 2.48. The lowest BCUT2D eigenvalue weighted by Gasteiger charge is -1.97. The molecule has 1 N–H and O–H groups in total. The van der Waals surface area contributed by atoms with Crippen LogP contribution in [0.5, 0.6) is 5.75 Å². The van der Waals surface area contributed by atoms with Crippen LogP contribution in [0.3, 0.4) is 0 Å². The Kier molecular flexibility index (Phi) is 6.25. The molecule has 0 amide bonds. The van der Waals surface area contributed by atoms with E-state index in [-0.39, 0.29) is 0 Å². The highest BCUT2D eigenvalue weighted by Gasteiger charge is 2.30. The van der Waals surface area contributed by atoms with E-state index in [4.69, 9.17) is 5.11 Å². The largest absolute Gasteiger partial charge is 0.497 e. The van der Waals surface area contributed by atoms with Crippen LogP contribution in [0, 0.1) is 34.0 Å². The highest BCUT2D eigenvalue weighted by atomic mass is 127. The molecule has 1 heterocycles. The quantitative estimate of drug-likeness (QED) is 0.334. The molecule has 0 aliphatic heterocycles. The molecule has 2 aromatic rings. The molecular weight excluding hydrogens is 427 g/mol. The number of phenols is 1. The summed E-state index contributed by atoms with van der Waals surface area (Å²) >= 11 is 2.17. The van der Waals surface area contributed by atoms with Gasteiger partial charge in [-0.3, -0.25) is 35.3 Å². The minimum Gasteiger partial charge on any atom is -0.497 e. The highest BCUT2D eigenvalue weighted by molar-refractivity contribution is 14.1. The number of aromatic hydroxyl groups is 1. The molecular formula is C11H7IN4O7. The molecule has 0 saturated carbocycles. The number of phenolic OH excluding ortho intramolecular Hbond substituents is 1. The van der Waals surface area contributed by atoms with Gasteiger partial charge in [-0.15, -0.1) is 0 Å². The fourth-order valence-electron chi connectivity index (χ4n) is 1.32. The number of nitrogens with zero attached hydrogens (tertiary/aromatic N) is 4. The lowest BCUT2D eigenvalue weighted by Crippen LogP contribution is -1.97. The standard InChI is InChI=1S/C6H3N3O7.C5H4IN/c10-6-4(8(13)14)1-3(7(11)12)2-5(6)9(15)16;6-5-3-1-2-4-7-5/h1-2,10H;1-4H. The second-order valence-electron chi connectivity index (χ2n) is 3.76. The van der Waals surface area contributed by atoms with Gasteiger partial charge in [-0.25, -0.2) is 0 Å². The Labute approximate surface area is 141 Å². The zero-order valence-corrected chi connectivity index (χ0v) is 13.2. The van der Waals surface area contributed by atoms with Crippen LogP contribution in [-0.2, 0) is 0 Å². The van der Waals surface area contributed by atoms with Gasteiger partial charge in [-0.05, 0) is 34.7 Å². The second-order valence-corrected chi connectivity index (χ2v) is 4.86. The van der Waals surface area contributed by atoms with Crippen molar-refractivity contribution in [1.29, 1.82) is 0 Å². The van der Waals surface area contributed by atoms with Gasteiger partial charge in [-0.2, -0.15) is 0 Å². The summed E-state index contributed by atoms with van der Waals surface area (Å²) in [7, 11) is 0. The third-order valence-electron chi connectivity index (χ3n) is 2.29. The summed E-state index contributed by atoms with van der Waals surface area (Å²) < 4.78 is 1.04. The van der Waals surface area contributed by atoms with Crippen LogP contribution in [0.15, 0.2) is 36.5 Å². The first kappa shape index (κ1) is 18.1. The lowest BCUT2D eigenvalue weighted by atomic mass is 10.2. The van der Waals surface area contributed by atoms with Gasteiger partial charge in [0.25, 0.3) is 11.4 Å². The van der Waals surface area contributed by atoms with Crippen molar-refractivity contribution in [2.45, 2.75) is 0 Å². The van der Waals surface area contributed by atoms with E-state index in [0.29, 0.717) is 12.1 Å². The maximum atomic E-state index is 10.4. The van der Waals surface area contributed by atoms with E-state index in [0.717, 1.165) is 3.70 Å². The molecule has 11 nitrogen and oxygen atoms in total. The second kappa shape index (κ2) is 7.92. The van der Waals surface area contributed by atoms with E-state index in [1.165, 1.54) is 0 Å².